The summed E-state index contributed by atoms with van der Waals surface area (Å²) in [6, 6.07) is 18.4. The lowest BCUT2D eigenvalue weighted by molar-refractivity contribution is -0.137. The van der Waals surface area contributed by atoms with Crippen molar-refractivity contribution in [2.45, 2.75) is 37.4 Å². The molecule has 0 bridgehead atoms. The summed E-state index contributed by atoms with van der Waals surface area (Å²) in [7, 11) is -4.32. The Bertz CT molecular complexity index is 1230. The van der Waals surface area contributed by atoms with Crippen LogP contribution in [-0.2, 0) is 27.4 Å². The molecule has 5 nitrogen and oxygen atoms in total. The molecule has 3 aromatic rings. The van der Waals surface area contributed by atoms with Crippen LogP contribution in [0, 0.1) is 0 Å². The molecular weight excluding hydrogens is 465 g/mol. The van der Waals surface area contributed by atoms with E-state index in [2.05, 4.69) is 5.32 Å². The first kappa shape index (κ1) is 25.3. The Hall–Kier alpha value is -3.33. The Morgan fingerprint density at radius 2 is 1.62 bits per heavy atom. The first-order valence-electron chi connectivity index (χ1n) is 10.7. The van der Waals surface area contributed by atoms with Gasteiger partial charge in [-0.3, -0.25) is 9.10 Å². The highest BCUT2D eigenvalue weighted by molar-refractivity contribution is 7.92. The average Bonchev–Trinajstić information content (AvgIpc) is 2.82. The van der Waals surface area contributed by atoms with Gasteiger partial charge in [-0.25, -0.2) is 8.42 Å². The molecule has 0 heterocycles. The monoisotopic (exact) mass is 490 g/mol. The van der Waals surface area contributed by atoms with Gasteiger partial charge in [0.25, 0.3) is 10.0 Å². The van der Waals surface area contributed by atoms with Gasteiger partial charge in [-0.05, 0) is 54.8 Å². The highest BCUT2D eigenvalue weighted by Crippen LogP contribution is 2.33. The first-order valence-corrected chi connectivity index (χ1v) is 12.1. The van der Waals surface area contributed by atoms with Gasteiger partial charge < -0.3 is 5.32 Å². The standard InChI is InChI=1S/C25H25F3N2O3S/c1-3-19-12-14-20(15-13-19)18(2)29-24(31)17-30(34(32,33)23-10-5-4-6-11-23)22-9-7-8-21(16-22)25(26,27)28/h4-16,18H,3,17H2,1-2H3,(H,29,31)/t18-/m0/s1. The van der Waals surface area contributed by atoms with Crippen LogP contribution in [-0.4, -0.2) is 20.9 Å². The van der Waals surface area contributed by atoms with Crippen LogP contribution in [0.4, 0.5) is 18.9 Å². The van der Waals surface area contributed by atoms with E-state index in [1.165, 1.54) is 30.3 Å². The third-order valence-corrected chi connectivity index (χ3v) is 7.13. The lowest BCUT2D eigenvalue weighted by atomic mass is 10.1. The van der Waals surface area contributed by atoms with Crippen molar-refractivity contribution < 1.29 is 26.4 Å². The van der Waals surface area contributed by atoms with Gasteiger partial charge in [0.15, 0.2) is 0 Å². The van der Waals surface area contributed by atoms with Crippen LogP contribution in [0.3, 0.4) is 0 Å². The minimum Gasteiger partial charge on any atom is -0.348 e. The topological polar surface area (TPSA) is 66.5 Å². The third kappa shape index (κ3) is 5.96. The van der Waals surface area contributed by atoms with Crippen molar-refractivity contribution in [3.05, 3.63) is 95.6 Å². The number of anilines is 1. The molecule has 0 unspecified atom stereocenters. The zero-order chi connectivity index (χ0) is 24.9. The Morgan fingerprint density at radius 1 is 0.971 bits per heavy atom. The van der Waals surface area contributed by atoms with Crippen LogP contribution in [0.15, 0.2) is 83.8 Å². The number of amides is 1. The summed E-state index contributed by atoms with van der Waals surface area (Å²) < 4.78 is 67.2. The van der Waals surface area contributed by atoms with Crippen molar-refractivity contribution in [1.29, 1.82) is 0 Å². The van der Waals surface area contributed by atoms with Crippen molar-refractivity contribution in [2.24, 2.45) is 0 Å². The molecule has 1 atom stereocenters. The van der Waals surface area contributed by atoms with Crippen LogP contribution in [0.1, 0.15) is 36.6 Å². The molecule has 1 amide bonds. The number of benzene rings is 3. The molecule has 9 heteroatoms. The molecule has 0 aliphatic carbocycles. The van der Waals surface area contributed by atoms with Gasteiger partial charge in [0.05, 0.1) is 22.2 Å². The molecule has 0 aromatic heterocycles. The van der Waals surface area contributed by atoms with Gasteiger partial charge in [-0.15, -0.1) is 0 Å². The molecule has 34 heavy (non-hydrogen) atoms. The van der Waals surface area contributed by atoms with Crippen molar-refractivity contribution in [1.82, 2.24) is 5.32 Å². The van der Waals surface area contributed by atoms with Gasteiger partial charge in [-0.2, -0.15) is 13.2 Å². The number of sulfonamides is 1. The smallest absolute Gasteiger partial charge is 0.348 e. The maximum Gasteiger partial charge on any atom is 0.416 e. The second-order valence-corrected chi connectivity index (χ2v) is 9.62. The maximum absolute atomic E-state index is 13.3. The maximum atomic E-state index is 13.3. The average molecular weight is 491 g/mol. The molecule has 0 aliphatic heterocycles. The molecule has 0 saturated heterocycles. The van der Waals surface area contributed by atoms with Crippen molar-refractivity contribution in [3.63, 3.8) is 0 Å². The normalized spacial score (nSPS) is 12.7. The number of halogens is 3. The summed E-state index contributed by atoms with van der Waals surface area (Å²) in [6.07, 6.45) is -3.80. The first-order chi connectivity index (χ1) is 16.0. The van der Waals surface area contributed by atoms with E-state index in [4.69, 9.17) is 0 Å². The van der Waals surface area contributed by atoms with E-state index in [1.54, 1.807) is 13.0 Å². The largest absolute Gasteiger partial charge is 0.416 e. The molecule has 0 saturated carbocycles. The quantitative estimate of drug-likeness (QED) is 0.464. The fraction of sp³-hybridized carbons (Fsp3) is 0.240. The minimum absolute atomic E-state index is 0.136. The van der Waals surface area contributed by atoms with Crippen LogP contribution in [0.2, 0.25) is 0 Å². The molecule has 0 fully saturated rings. The van der Waals surface area contributed by atoms with Gasteiger partial charge in [0.1, 0.15) is 6.54 Å². The van der Waals surface area contributed by atoms with E-state index in [0.29, 0.717) is 4.31 Å². The molecular formula is C25H25F3N2O3S. The number of carbonyl (C=O) groups is 1. The zero-order valence-corrected chi connectivity index (χ0v) is 19.5. The van der Waals surface area contributed by atoms with Gasteiger partial charge in [0, 0.05) is 0 Å². The van der Waals surface area contributed by atoms with E-state index >= 15 is 0 Å². The fourth-order valence-electron chi connectivity index (χ4n) is 3.42. The summed E-state index contributed by atoms with van der Waals surface area (Å²) in [4.78, 5) is 12.7. The predicted octanol–water partition coefficient (Wildman–Crippen LogP) is 5.34. The highest BCUT2D eigenvalue weighted by Gasteiger charge is 2.33. The van der Waals surface area contributed by atoms with E-state index in [-0.39, 0.29) is 10.6 Å². The second kappa shape index (κ2) is 10.3. The number of alkyl halides is 3. The predicted molar refractivity (Wildman–Crippen MR) is 125 cm³/mol. The van der Waals surface area contributed by atoms with E-state index in [0.717, 1.165) is 35.7 Å². The van der Waals surface area contributed by atoms with E-state index in [9.17, 15) is 26.4 Å². The number of nitrogens with one attached hydrogen (secondary N) is 1. The SMILES string of the molecule is CCc1ccc([C@H](C)NC(=O)CN(c2cccc(C(F)(F)F)c2)S(=O)(=O)c2ccccc2)cc1. The Morgan fingerprint density at radius 3 is 2.21 bits per heavy atom. The third-order valence-electron chi connectivity index (χ3n) is 5.35. The molecule has 3 aromatic carbocycles. The fourth-order valence-corrected chi connectivity index (χ4v) is 4.85. The molecule has 0 radical (unpaired) electrons. The van der Waals surface area contributed by atoms with Crippen LogP contribution in [0.5, 0.6) is 0 Å². The molecule has 0 aliphatic rings. The zero-order valence-electron chi connectivity index (χ0n) is 18.7. The van der Waals surface area contributed by atoms with Crippen LogP contribution < -0.4 is 9.62 Å². The number of nitrogens with zero attached hydrogens (tertiary/aromatic N) is 1. The van der Waals surface area contributed by atoms with Crippen molar-refractivity contribution in [3.8, 4) is 0 Å². The van der Waals surface area contributed by atoms with Gasteiger partial charge in [0.2, 0.25) is 5.91 Å². The summed E-state index contributed by atoms with van der Waals surface area (Å²) >= 11 is 0. The lowest BCUT2D eigenvalue weighted by Crippen LogP contribution is -2.41. The summed E-state index contributed by atoms with van der Waals surface area (Å²) in [5, 5.41) is 2.74. The molecule has 180 valence electrons. The highest BCUT2D eigenvalue weighted by atomic mass is 32.2. The molecule has 1 N–H and O–H groups in total. The lowest BCUT2D eigenvalue weighted by Gasteiger charge is -2.26. The Labute approximate surface area is 197 Å². The van der Waals surface area contributed by atoms with Gasteiger partial charge in [-0.1, -0.05) is 55.5 Å². The summed E-state index contributed by atoms with van der Waals surface area (Å²) in [6.45, 7) is 3.09. The molecule has 0 spiro atoms. The minimum atomic E-state index is -4.67. The number of hydrogen-bond acceptors (Lipinski definition) is 3. The van der Waals surface area contributed by atoms with Crippen molar-refractivity contribution >= 4 is 21.6 Å². The number of rotatable bonds is 8. The molecule has 3 rings (SSSR count). The second-order valence-electron chi connectivity index (χ2n) is 7.76. The van der Waals surface area contributed by atoms with Gasteiger partial charge >= 0.3 is 6.18 Å². The Balaban J connectivity index is 1.92. The van der Waals surface area contributed by atoms with E-state index in [1.807, 2.05) is 31.2 Å². The van der Waals surface area contributed by atoms with Crippen molar-refractivity contribution in [2.75, 3.05) is 10.8 Å². The van der Waals surface area contributed by atoms with Crippen LogP contribution >= 0.6 is 0 Å². The number of aryl methyl sites for hydroxylation is 1. The Kier molecular flexibility index (Phi) is 7.66. The summed E-state index contributed by atoms with van der Waals surface area (Å²) in [5.74, 6) is -0.649. The summed E-state index contributed by atoms with van der Waals surface area (Å²) in [5.41, 5.74) is 0.686. The number of hydrogen-bond donors (Lipinski definition) is 1. The number of carbonyl (C=O) groups excluding carboxylic acids is 1. The van der Waals surface area contributed by atoms with Crippen LogP contribution in [0.25, 0.3) is 0 Å². The van der Waals surface area contributed by atoms with E-state index < -0.39 is 40.3 Å².